The van der Waals surface area contributed by atoms with Gasteiger partial charge in [0, 0.05) is 6.04 Å². The molecule has 0 aliphatic heterocycles. The summed E-state index contributed by atoms with van der Waals surface area (Å²) >= 11 is 0. The molecule has 3 N–H and O–H groups in total. The van der Waals surface area contributed by atoms with E-state index in [0.717, 1.165) is 0 Å². The standard InChI is InChI=1S/C15H21N3O3/c1-10(11-4-2-3-5-11)17-15(21)18-13-7-6-12(16-9-13)8-14(19)20/h6-7,9-11H,2-5,8H2,1H3,(H,19,20)(H2,17,18,21). The highest BCUT2D eigenvalue weighted by Gasteiger charge is 2.22. The van der Waals surface area contributed by atoms with Crippen LogP contribution in [0, 0.1) is 5.92 Å². The van der Waals surface area contributed by atoms with Crippen LogP contribution < -0.4 is 10.6 Å². The predicted octanol–water partition coefficient (Wildman–Crippen LogP) is 2.41. The minimum absolute atomic E-state index is 0.120. The minimum atomic E-state index is -0.925. The number of carbonyl (C=O) groups is 2. The number of nitrogens with zero attached hydrogens (tertiary/aromatic N) is 1. The van der Waals surface area contributed by atoms with Crippen LogP contribution in [0.5, 0.6) is 0 Å². The summed E-state index contributed by atoms with van der Waals surface area (Å²) in [4.78, 5) is 26.5. The summed E-state index contributed by atoms with van der Waals surface area (Å²) in [5.41, 5.74) is 1.02. The number of pyridine rings is 1. The number of aliphatic carboxylic acids is 1. The molecule has 2 rings (SSSR count). The van der Waals surface area contributed by atoms with Crippen LogP contribution in [0.3, 0.4) is 0 Å². The van der Waals surface area contributed by atoms with E-state index in [1.54, 1.807) is 12.1 Å². The molecule has 1 aliphatic carbocycles. The Morgan fingerprint density at radius 1 is 1.38 bits per heavy atom. The number of rotatable bonds is 5. The number of urea groups is 1. The molecule has 1 heterocycles. The normalized spacial score (nSPS) is 16.4. The van der Waals surface area contributed by atoms with Crippen molar-refractivity contribution in [1.82, 2.24) is 10.3 Å². The van der Waals surface area contributed by atoms with Gasteiger partial charge in [-0.05, 0) is 37.8 Å². The van der Waals surface area contributed by atoms with Crippen molar-refractivity contribution >= 4 is 17.7 Å². The van der Waals surface area contributed by atoms with Gasteiger partial charge in [-0.1, -0.05) is 12.8 Å². The second-order valence-corrected chi connectivity index (χ2v) is 5.54. The number of carboxylic acids is 1. The number of aromatic nitrogens is 1. The lowest BCUT2D eigenvalue weighted by molar-refractivity contribution is -0.136. The molecule has 0 radical (unpaired) electrons. The molecule has 1 atom stereocenters. The predicted molar refractivity (Wildman–Crippen MR) is 79.2 cm³/mol. The summed E-state index contributed by atoms with van der Waals surface area (Å²) in [6.07, 6.45) is 6.18. The summed E-state index contributed by atoms with van der Waals surface area (Å²) in [5, 5.41) is 14.3. The first-order valence-electron chi connectivity index (χ1n) is 7.29. The molecule has 2 amide bonds. The summed E-state index contributed by atoms with van der Waals surface area (Å²) in [6, 6.07) is 3.17. The van der Waals surface area contributed by atoms with Gasteiger partial charge >= 0.3 is 12.0 Å². The van der Waals surface area contributed by atoms with Gasteiger partial charge in [-0.2, -0.15) is 0 Å². The zero-order valence-electron chi connectivity index (χ0n) is 12.1. The third-order valence-electron chi connectivity index (χ3n) is 3.88. The summed E-state index contributed by atoms with van der Waals surface area (Å²) in [5.74, 6) is -0.363. The highest BCUT2D eigenvalue weighted by molar-refractivity contribution is 5.89. The number of anilines is 1. The Kier molecular flexibility index (Phi) is 5.14. The average molecular weight is 291 g/mol. The Balaban J connectivity index is 1.83. The van der Waals surface area contributed by atoms with Crippen molar-refractivity contribution in [2.24, 2.45) is 5.92 Å². The summed E-state index contributed by atoms with van der Waals surface area (Å²) in [6.45, 7) is 2.03. The Bertz CT molecular complexity index is 495. The molecule has 0 spiro atoms. The van der Waals surface area contributed by atoms with E-state index >= 15 is 0 Å². The lowest BCUT2D eigenvalue weighted by atomic mass is 10.0. The third-order valence-corrected chi connectivity index (χ3v) is 3.88. The number of carboxylic acid groups (broad SMARTS) is 1. The third kappa shape index (κ3) is 4.73. The van der Waals surface area contributed by atoms with Gasteiger partial charge in [0.25, 0.3) is 0 Å². The number of carbonyl (C=O) groups excluding carboxylic acids is 1. The summed E-state index contributed by atoms with van der Waals surface area (Å²) in [7, 11) is 0. The fourth-order valence-electron chi connectivity index (χ4n) is 2.71. The lowest BCUT2D eigenvalue weighted by Gasteiger charge is -2.20. The van der Waals surface area contributed by atoms with Crippen LogP contribution in [0.25, 0.3) is 0 Å². The molecule has 0 bridgehead atoms. The fourth-order valence-corrected chi connectivity index (χ4v) is 2.71. The first-order valence-corrected chi connectivity index (χ1v) is 7.29. The van der Waals surface area contributed by atoms with E-state index < -0.39 is 5.97 Å². The topological polar surface area (TPSA) is 91.3 Å². The van der Waals surface area contributed by atoms with Crippen molar-refractivity contribution in [1.29, 1.82) is 0 Å². The second kappa shape index (κ2) is 7.06. The van der Waals surface area contributed by atoms with Crippen LogP contribution in [-0.4, -0.2) is 28.1 Å². The van der Waals surface area contributed by atoms with Crippen molar-refractivity contribution < 1.29 is 14.7 Å². The van der Waals surface area contributed by atoms with E-state index in [1.165, 1.54) is 31.9 Å². The highest BCUT2D eigenvalue weighted by Crippen LogP contribution is 2.27. The zero-order chi connectivity index (χ0) is 15.2. The maximum Gasteiger partial charge on any atom is 0.319 e. The lowest BCUT2D eigenvalue weighted by Crippen LogP contribution is -2.39. The highest BCUT2D eigenvalue weighted by atomic mass is 16.4. The maximum absolute atomic E-state index is 11.9. The van der Waals surface area contributed by atoms with E-state index in [4.69, 9.17) is 5.11 Å². The first kappa shape index (κ1) is 15.3. The van der Waals surface area contributed by atoms with E-state index in [0.29, 0.717) is 17.3 Å². The molecule has 0 saturated heterocycles. The largest absolute Gasteiger partial charge is 0.481 e. The molecule has 1 aliphatic rings. The molecule has 1 fully saturated rings. The van der Waals surface area contributed by atoms with Crippen LogP contribution in [0.15, 0.2) is 18.3 Å². The molecule has 6 nitrogen and oxygen atoms in total. The van der Waals surface area contributed by atoms with Crippen molar-refractivity contribution in [2.75, 3.05) is 5.32 Å². The van der Waals surface area contributed by atoms with Gasteiger partial charge in [-0.15, -0.1) is 0 Å². The Labute approximate surface area is 124 Å². The summed E-state index contributed by atoms with van der Waals surface area (Å²) < 4.78 is 0. The van der Waals surface area contributed by atoms with E-state index in [2.05, 4.69) is 15.6 Å². The molecule has 1 aromatic heterocycles. The smallest absolute Gasteiger partial charge is 0.319 e. The zero-order valence-corrected chi connectivity index (χ0v) is 12.1. The van der Waals surface area contributed by atoms with Crippen LogP contribution in [0.2, 0.25) is 0 Å². The molecule has 1 unspecified atom stereocenters. The monoisotopic (exact) mass is 291 g/mol. The molecule has 1 aromatic rings. The molecule has 0 aromatic carbocycles. The number of nitrogens with one attached hydrogen (secondary N) is 2. The van der Waals surface area contributed by atoms with E-state index in [-0.39, 0.29) is 18.5 Å². The van der Waals surface area contributed by atoms with Gasteiger partial charge in [-0.25, -0.2) is 4.79 Å². The van der Waals surface area contributed by atoms with Crippen LogP contribution in [-0.2, 0) is 11.2 Å². The van der Waals surface area contributed by atoms with Crippen molar-refractivity contribution in [3.63, 3.8) is 0 Å². The van der Waals surface area contributed by atoms with Gasteiger partial charge in [0.2, 0.25) is 0 Å². The van der Waals surface area contributed by atoms with Crippen LogP contribution >= 0.6 is 0 Å². The Morgan fingerprint density at radius 3 is 2.67 bits per heavy atom. The van der Waals surface area contributed by atoms with Gasteiger partial charge in [0.15, 0.2) is 0 Å². The molecule has 21 heavy (non-hydrogen) atoms. The fraction of sp³-hybridized carbons (Fsp3) is 0.533. The second-order valence-electron chi connectivity index (χ2n) is 5.54. The Hall–Kier alpha value is -2.11. The SMILES string of the molecule is CC(NC(=O)Nc1ccc(CC(=O)O)nc1)C1CCCC1. The van der Waals surface area contributed by atoms with Gasteiger partial charge in [0.1, 0.15) is 0 Å². The minimum Gasteiger partial charge on any atom is -0.481 e. The van der Waals surface area contributed by atoms with E-state index in [1.807, 2.05) is 6.92 Å². The molecular formula is C15H21N3O3. The maximum atomic E-state index is 11.9. The molecule has 6 heteroatoms. The molecule has 114 valence electrons. The first-order chi connectivity index (χ1) is 10.0. The van der Waals surface area contributed by atoms with Crippen molar-refractivity contribution in [3.05, 3.63) is 24.0 Å². The van der Waals surface area contributed by atoms with Gasteiger partial charge < -0.3 is 15.7 Å². The van der Waals surface area contributed by atoms with Crippen molar-refractivity contribution in [3.8, 4) is 0 Å². The number of hydrogen-bond donors (Lipinski definition) is 3. The molecule has 1 saturated carbocycles. The molecular weight excluding hydrogens is 270 g/mol. The quantitative estimate of drug-likeness (QED) is 0.777. The number of amides is 2. The van der Waals surface area contributed by atoms with E-state index in [9.17, 15) is 9.59 Å². The number of hydrogen-bond acceptors (Lipinski definition) is 3. The van der Waals surface area contributed by atoms with Crippen LogP contribution in [0.4, 0.5) is 10.5 Å². The average Bonchev–Trinajstić information content (AvgIpc) is 2.94. The van der Waals surface area contributed by atoms with Crippen molar-refractivity contribution in [2.45, 2.75) is 45.1 Å². The Morgan fingerprint density at radius 2 is 2.10 bits per heavy atom. The van der Waals surface area contributed by atoms with Gasteiger partial charge in [-0.3, -0.25) is 9.78 Å². The van der Waals surface area contributed by atoms with Gasteiger partial charge in [0.05, 0.1) is 24.0 Å². The van der Waals surface area contributed by atoms with Crippen LogP contribution in [0.1, 0.15) is 38.3 Å².